The predicted octanol–water partition coefficient (Wildman–Crippen LogP) is 5.16. The highest BCUT2D eigenvalue weighted by Crippen LogP contribution is 2.36. The van der Waals surface area contributed by atoms with Crippen LogP contribution in [0.25, 0.3) is 6.08 Å². The van der Waals surface area contributed by atoms with Gasteiger partial charge < -0.3 is 10.1 Å². The molecule has 0 unspecified atom stereocenters. The molecule has 1 fully saturated rings. The molecule has 0 aromatic heterocycles. The number of rotatable bonds is 4. The van der Waals surface area contributed by atoms with Gasteiger partial charge in [-0.05, 0) is 48.1 Å². The minimum atomic E-state index is -0.324. The van der Waals surface area contributed by atoms with Crippen molar-refractivity contribution < 1.29 is 14.3 Å². The molecule has 0 bridgehead atoms. The van der Waals surface area contributed by atoms with Crippen LogP contribution in [-0.2, 0) is 9.59 Å². The van der Waals surface area contributed by atoms with Gasteiger partial charge in [-0.1, -0.05) is 73.0 Å². The van der Waals surface area contributed by atoms with Crippen molar-refractivity contribution in [1.82, 2.24) is 5.32 Å². The number of anilines is 1. The van der Waals surface area contributed by atoms with E-state index in [-0.39, 0.29) is 30.2 Å². The molecule has 1 heterocycles. The summed E-state index contributed by atoms with van der Waals surface area (Å²) in [6.07, 6.45) is 5.01. The average Bonchev–Trinajstić information content (AvgIpc) is 2.76. The van der Waals surface area contributed by atoms with Gasteiger partial charge in [-0.3, -0.25) is 14.5 Å². The lowest BCUT2D eigenvalue weighted by atomic mass is 9.78. The first kappa shape index (κ1) is 21.6. The number of amides is 2. The van der Waals surface area contributed by atoms with Crippen molar-refractivity contribution in [2.75, 3.05) is 11.4 Å². The van der Waals surface area contributed by atoms with Gasteiger partial charge >= 0.3 is 0 Å². The highest BCUT2D eigenvalue weighted by atomic mass is 79.9. The quantitative estimate of drug-likeness (QED) is 0.612. The van der Waals surface area contributed by atoms with E-state index >= 15 is 0 Å². The normalized spacial score (nSPS) is 24.5. The van der Waals surface area contributed by atoms with Crippen LogP contribution in [0.1, 0.15) is 38.7 Å². The molecule has 5 nitrogen and oxygen atoms in total. The van der Waals surface area contributed by atoms with E-state index in [0.29, 0.717) is 23.3 Å². The molecule has 162 valence electrons. The number of ether oxygens (including phenoxy) is 1. The number of hydrogen-bond acceptors (Lipinski definition) is 3. The highest BCUT2D eigenvalue weighted by molar-refractivity contribution is 9.10. The van der Waals surface area contributed by atoms with Crippen LogP contribution in [0.3, 0.4) is 0 Å². The molecule has 1 saturated carbocycles. The van der Waals surface area contributed by atoms with Crippen LogP contribution in [0.2, 0.25) is 0 Å². The Kier molecular flexibility index (Phi) is 6.46. The molecule has 1 N–H and O–H groups in total. The fourth-order valence-corrected chi connectivity index (χ4v) is 4.73. The molecule has 6 heteroatoms. The Hall–Kier alpha value is -2.60. The minimum Gasteiger partial charge on any atom is -0.449 e. The molecule has 2 amide bonds. The smallest absolute Gasteiger partial charge is 0.294 e. The van der Waals surface area contributed by atoms with E-state index in [0.717, 1.165) is 22.9 Å². The van der Waals surface area contributed by atoms with E-state index in [1.807, 2.05) is 42.5 Å². The lowest BCUT2D eigenvalue weighted by molar-refractivity contribution is -0.124. The van der Waals surface area contributed by atoms with Crippen molar-refractivity contribution in [2.45, 2.75) is 39.2 Å². The largest absolute Gasteiger partial charge is 0.449 e. The van der Waals surface area contributed by atoms with E-state index in [1.165, 1.54) is 11.3 Å². The number of nitrogens with one attached hydrogen (secondary N) is 1. The second kappa shape index (κ2) is 9.27. The Labute approximate surface area is 191 Å². The van der Waals surface area contributed by atoms with Crippen LogP contribution >= 0.6 is 15.9 Å². The van der Waals surface area contributed by atoms with Crippen molar-refractivity contribution in [3.63, 3.8) is 0 Å². The Balaban J connectivity index is 1.58. The number of benzene rings is 2. The van der Waals surface area contributed by atoms with Crippen molar-refractivity contribution >= 4 is 39.5 Å². The molecule has 31 heavy (non-hydrogen) atoms. The Bertz CT molecular complexity index is 1020. The highest BCUT2D eigenvalue weighted by Gasteiger charge is 2.33. The second-order valence-electron chi connectivity index (χ2n) is 8.43. The van der Waals surface area contributed by atoms with Gasteiger partial charge in [-0.15, -0.1) is 0 Å². The number of halogens is 1. The summed E-state index contributed by atoms with van der Waals surface area (Å²) in [6, 6.07) is 15.1. The SMILES string of the molecule is C[C@H]1[C@H](C)CCC[C@H]1NC(=O)CN1C(=O)/C(=C\c2ccccc2Br)Oc2ccccc21. The number of carbonyl (C=O) groups is 2. The molecule has 1 aliphatic carbocycles. The average molecular weight is 483 g/mol. The van der Waals surface area contributed by atoms with Gasteiger partial charge in [0.1, 0.15) is 6.54 Å². The van der Waals surface area contributed by atoms with Gasteiger partial charge in [0.15, 0.2) is 11.5 Å². The number of hydrogen-bond donors (Lipinski definition) is 1. The molecule has 0 radical (unpaired) electrons. The number of nitrogens with zero attached hydrogens (tertiary/aromatic N) is 1. The van der Waals surface area contributed by atoms with Gasteiger partial charge in [0, 0.05) is 10.5 Å². The predicted molar refractivity (Wildman–Crippen MR) is 126 cm³/mol. The fourth-order valence-electron chi connectivity index (χ4n) is 4.33. The van der Waals surface area contributed by atoms with E-state index in [9.17, 15) is 9.59 Å². The second-order valence-corrected chi connectivity index (χ2v) is 9.29. The van der Waals surface area contributed by atoms with Crippen LogP contribution in [0.15, 0.2) is 58.8 Å². The molecule has 3 atom stereocenters. The lowest BCUT2D eigenvalue weighted by Gasteiger charge is -2.35. The van der Waals surface area contributed by atoms with Gasteiger partial charge in [-0.25, -0.2) is 0 Å². The molecule has 2 aromatic carbocycles. The van der Waals surface area contributed by atoms with E-state index in [4.69, 9.17) is 4.74 Å². The van der Waals surface area contributed by atoms with Crippen LogP contribution in [-0.4, -0.2) is 24.4 Å². The molecule has 0 spiro atoms. The van der Waals surface area contributed by atoms with Gasteiger partial charge in [0.05, 0.1) is 5.69 Å². The first-order valence-corrected chi connectivity index (χ1v) is 11.6. The zero-order valence-electron chi connectivity index (χ0n) is 17.8. The molecule has 2 aromatic rings. The van der Waals surface area contributed by atoms with Gasteiger partial charge in [-0.2, -0.15) is 0 Å². The number of para-hydroxylation sites is 2. The molecule has 0 saturated heterocycles. The maximum atomic E-state index is 13.3. The fraction of sp³-hybridized carbons (Fsp3) is 0.360. The molecule has 1 aliphatic heterocycles. The van der Waals surface area contributed by atoms with Crippen LogP contribution < -0.4 is 15.0 Å². The monoisotopic (exact) mass is 482 g/mol. The van der Waals surface area contributed by atoms with Crippen molar-refractivity contribution in [1.29, 1.82) is 0 Å². The summed E-state index contributed by atoms with van der Waals surface area (Å²) in [4.78, 5) is 27.7. The minimum absolute atomic E-state index is 0.0376. The summed E-state index contributed by atoms with van der Waals surface area (Å²) < 4.78 is 6.78. The van der Waals surface area contributed by atoms with Crippen molar-refractivity contribution in [2.24, 2.45) is 11.8 Å². The Morgan fingerprint density at radius 1 is 1.16 bits per heavy atom. The maximum Gasteiger partial charge on any atom is 0.294 e. The Morgan fingerprint density at radius 2 is 1.90 bits per heavy atom. The van der Waals surface area contributed by atoms with E-state index < -0.39 is 0 Å². The zero-order valence-corrected chi connectivity index (χ0v) is 19.4. The summed E-state index contributed by atoms with van der Waals surface area (Å²) in [7, 11) is 0. The topological polar surface area (TPSA) is 58.6 Å². The van der Waals surface area contributed by atoms with Crippen LogP contribution in [0.4, 0.5) is 5.69 Å². The summed E-state index contributed by atoms with van der Waals surface area (Å²) in [5.74, 6) is 1.30. The molecular weight excluding hydrogens is 456 g/mol. The molecular formula is C25H27BrN2O3. The van der Waals surface area contributed by atoms with Crippen molar-refractivity contribution in [3.05, 3.63) is 64.3 Å². The van der Waals surface area contributed by atoms with Crippen molar-refractivity contribution in [3.8, 4) is 5.75 Å². The first-order valence-electron chi connectivity index (χ1n) is 10.8. The third kappa shape index (κ3) is 4.69. The van der Waals surface area contributed by atoms with Crippen LogP contribution in [0.5, 0.6) is 5.75 Å². The summed E-state index contributed by atoms with van der Waals surface area (Å²) >= 11 is 3.51. The van der Waals surface area contributed by atoms with E-state index in [1.54, 1.807) is 12.1 Å². The summed E-state index contributed by atoms with van der Waals surface area (Å²) in [5.41, 5.74) is 1.44. The maximum absolute atomic E-state index is 13.3. The van der Waals surface area contributed by atoms with Gasteiger partial charge in [0.2, 0.25) is 5.91 Å². The lowest BCUT2D eigenvalue weighted by Crippen LogP contribution is -2.49. The Morgan fingerprint density at radius 3 is 2.71 bits per heavy atom. The molecule has 4 rings (SSSR count). The number of fused-ring (bicyclic) bond motifs is 1. The third-order valence-electron chi connectivity index (χ3n) is 6.38. The third-order valence-corrected chi connectivity index (χ3v) is 7.10. The summed E-state index contributed by atoms with van der Waals surface area (Å²) in [6.45, 7) is 4.40. The van der Waals surface area contributed by atoms with Gasteiger partial charge in [0.25, 0.3) is 5.91 Å². The van der Waals surface area contributed by atoms with Crippen LogP contribution in [0, 0.1) is 11.8 Å². The zero-order chi connectivity index (χ0) is 22.0. The number of carbonyl (C=O) groups excluding carboxylic acids is 2. The standard InChI is InChI=1S/C25H27BrN2O3/c1-16-8-7-11-20(17(16)2)27-24(29)15-28-21-12-5-6-13-22(21)31-23(25(28)30)14-18-9-3-4-10-19(18)26/h3-6,9-10,12-14,16-17,20H,7-8,11,15H2,1-2H3,(H,27,29)/b23-14+/t16-,17+,20-/m1/s1. The summed E-state index contributed by atoms with van der Waals surface area (Å²) in [5, 5.41) is 3.17. The molecule has 2 aliphatic rings. The first-order chi connectivity index (χ1) is 14.9. The van der Waals surface area contributed by atoms with E-state index in [2.05, 4.69) is 35.1 Å².